The minimum Gasteiger partial charge on any atom is -0.351 e. The average Bonchev–Trinajstić information content (AvgIpc) is 2.73. The molecule has 1 atom stereocenters. The molecule has 21 heavy (non-hydrogen) atoms. The molecule has 0 spiro atoms. The van der Waals surface area contributed by atoms with Crippen LogP contribution >= 0.6 is 0 Å². The summed E-state index contributed by atoms with van der Waals surface area (Å²) >= 11 is 0. The maximum Gasteiger partial charge on any atom is 0.321 e. The van der Waals surface area contributed by atoms with Crippen molar-refractivity contribution in [2.24, 2.45) is 5.73 Å². The summed E-state index contributed by atoms with van der Waals surface area (Å²) in [5.41, 5.74) is 6.55. The lowest BCUT2D eigenvalue weighted by atomic mass is 10.1. The molecule has 3 amide bonds. The van der Waals surface area contributed by atoms with Crippen LogP contribution in [0.1, 0.15) is 31.4 Å². The molecule has 7 nitrogen and oxygen atoms in total. The molecular weight excluding hydrogens is 270 g/mol. The summed E-state index contributed by atoms with van der Waals surface area (Å²) in [5, 5.41) is 0. The molecule has 2 aliphatic rings. The monoisotopic (exact) mass is 287 g/mol. The van der Waals surface area contributed by atoms with Crippen LogP contribution in [-0.2, 0) is 4.79 Å². The number of urea groups is 1. The van der Waals surface area contributed by atoms with Gasteiger partial charge in [0.2, 0.25) is 5.91 Å². The van der Waals surface area contributed by atoms with Crippen LogP contribution in [0.25, 0.3) is 5.70 Å². The van der Waals surface area contributed by atoms with Crippen molar-refractivity contribution in [2.75, 3.05) is 6.54 Å². The summed E-state index contributed by atoms with van der Waals surface area (Å²) in [6.45, 7) is 0.654. The van der Waals surface area contributed by atoms with Gasteiger partial charge in [-0.15, -0.1) is 0 Å². The minimum atomic E-state index is -0.565. The zero-order chi connectivity index (χ0) is 14.8. The number of aromatic nitrogens is 2. The largest absolute Gasteiger partial charge is 0.351 e. The number of carbonyl (C=O) groups excluding carboxylic acids is 2. The smallest absolute Gasteiger partial charge is 0.321 e. The molecule has 0 aromatic carbocycles. The highest BCUT2D eigenvalue weighted by atomic mass is 16.2. The summed E-state index contributed by atoms with van der Waals surface area (Å²) in [6, 6.07) is 1.10. The van der Waals surface area contributed by atoms with Crippen LogP contribution in [0, 0.1) is 0 Å². The average molecular weight is 287 g/mol. The Kier molecular flexibility index (Phi) is 3.55. The molecule has 7 heteroatoms. The zero-order valence-corrected chi connectivity index (χ0v) is 11.6. The molecule has 1 unspecified atom stereocenters. The lowest BCUT2D eigenvalue weighted by Crippen LogP contribution is -2.56. The Morgan fingerprint density at radius 3 is 2.90 bits per heavy atom. The Morgan fingerprint density at radius 2 is 2.19 bits per heavy atom. The van der Waals surface area contributed by atoms with Crippen LogP contribution in [0.3, 0.4) is 0 Å². The zero-order valence-electron chi connectivity index (χ0n) is 11.6. The highest BCUT2D eigenvalue weighted by Gasteiger charge is 2.38. The van der Waals surface area contributed by atoms with Crippen LogP contribution in [0.4, 0.5) is 4.79 Å². The Hall–Kier alpha value is -2.44. The summed E-state index contributed by atoms with van der Waals surface area (Å²) in [6.07, 6.45) is 7.79. The molecule has 3 heterocycles. The number of nitrogens with zero attached hydrogens (tertiary/aromatic N) is 4. The molecule has 1 aromatic heterocycles. The predicted molar refractivity (Wildman–Crippen MR) is 75.4 cm³/mol. The topological polar surface area (TPSA) is 92.4 Å². The van der Waals surface area contributed by atoms with Crippen molar-refractivity contribution in [3.63, 3.8) is 0 Å². The van der Waals surface area contributed by atoms with Crippen molar-refractivity contribution >= 4 is 17.6 Å². The second-order valence-corrected chi connectivity index (χ2v) is 5.19. The van der Waals surface area contributed by atoms with Gasteiger partial charge in [0.25, 0.3) is 0 Å². The first-order valence-electron chi connectivity index (χ1n) is 7.06. The van der Waals surface area contributed by atoms with E-state index in [1.54, 1.807) is 17.2 Å². The van der Waals surface area contributed by atoms with Crippen molar-refractivity contribution in [3.8, 4) is 0 Å². The van der Waals surface area contributed by atoms with Gasteiger partial charge in [0, 0.05) is 18.8 Å². The maximum absolute atomic E-state index is 12.4. The van der Waals surface area contributed by atoms with Gasteiger partial charge in [-0.2, -0.15) is 0 Å². The third-order valence-electron chi connectivity index (χ3n) is 3.90. The van der Waals surface area contributed by atoms with Gasteiger partial charge in [-0.1, -0.05) is 6.42 Å². The van der Waals surface area contributed by atoms with Gasteiger partial charge < -0.3 is 10.6 Å². The SMILES string of the molecule is NC(=O)N1C(c2ccncn2)=CC(=O)N2CCCCCC21. The van der Waals surface area contributed by atoms with Crippen LogP contribution in [0.5, 0.6) is 0 Å². The molecule has 0 saturated carbocycles. The number of nitrogens with two attached hydrogens (primary N) is 1. The Labute approximate surface area is 122 Å². The molecule has 2 N–H and O–H groups in total. The van der Waals surface area contributed by atoms with Crippen molar-refractivity contribution in [1.82, 2.24) is 19.8 Å². The molecule has 2 aliphatic heterocycles. The fraction of sp³-hybridized carbons (Fsp3) is 0.429. The van der Waals surface area contributed by atoms with E-state index in [9.17, 15) is 9.59 Å². The van der Waals surface area contributed by atoms with E-state index in [1.807, 2.05) is 0 Å². The molecule has 3 rings (SSSR count). The standard InChI is InChI=1S/C14H17N5O2/c15-14(21)19-11(10-5-6-16-9-17-10)8-13(20)18-7-3-1-2-4-12(18)19/h5-6,8-9,12H,1-4,7H2,(H2,15,21). The van der Waals surface area contributed by atoms with Crippen LogP contribution in [-0.4, -0.2) is 44.4 Å². The van der Waals surface area contributed by atoms with E-state index in [0.717, 1.165) is 25.7 Å². The lowest BCUT2D eigenvalue weighted by Gasteiger charge is -2.41. The third kappa shape index (κ3) is 2.46. The Balaban J connectivity index is 2.06. The van der Waals surface area contributed by atoms with Crippen molar-refractivity contribution < 1.29 is 9.59 Å². The highest BCUT2D eigenvalue weighted by Crippen LogP contribution is 2.31. The first-order chi connectivity index (χ1) is 10.2. The van der Waals surface area contributed by atoms with E-state index in [2.05, 4.69) is 9.97 Å². The van der Waals surface area contributed by atoms with Gasteiger partial charge in [0.1, 0.15) is 12.5 Å². The molecular formula is C14H17N5O2. The van der Waals surface area contributed by atoms with Crippen LogP contribution in [0.15, 0.2) is 24.7 Å². The van der Waals surface area contributed by atoms with E-state index < -0.39 is 6.03 Å². The lowest BCUT2D eigenvalue weighted by molar-refractivity contribution is -0.131. The summed E-state index contributed by atoms with van der Waals surface area (Å²) in [5.74, 6) is -0.0898. The Bertz CT molecular complexity index is 586. The van der Waals surface area contributed by atoms with Gasteiger partial charge in [0.05, 0.1) is 11.4 Å². The first-order valence-corrected chi connectivity index (χ1v) is 7.06. The van der Waals surface area contributed by atoms with Crippen LogP contribution in [0.2, 0.25) is 0 Å². The second-order valence-electron chi connectivity index (χ2n) is 5.19. The first kappa shape index (κ1) is 13.5. The normalized spacial score (nSPS) is 22.4. The van der Waals surface area contributed by atoms with Crippen molar-refractivity contribution in [2.45, 2.75) is 31.8 Å². The molecule has 110 valence electrons. The van der Waals surface area contributed by atoms with Gasteiger partial charge in [-0.25, -0.2) is 14.8 Å². The maximum atomic E-state index is 12.4. The van der Waals surface area contributed by atoms with E-state index >= 15 is 0 Å². The molecule has 0 radical (unpaired) electrons. The molecule has 1 saturated heterocycles. The number of hydrogen-bond donors (Lipinski definition) is 1. The molecule has 0 aliphatic carbocycles. The van der Waals surface area contributed by atoms with Gasteiger partial charge in [0.15, 0.2) is 0 Å². The van der Waals surface area contributed by atoms with Gasteiger partial charge in [-0.05, 0) is 25.3 Å². The van der Waals surface area contributed by atoms with Crippen molar-refractivity contribution in [3.05, 3.63) is 30.4 Å². The van der Waals surface area contributed by atoms with Gasteiger partial charge >= 0.3 is 6.03 Å². The third-order valence-corrected chi connectivity index (χ3v) is 3.90. The molecule has 1 fully saturated rings. The minimum absolute atomic E-state index is 0.0898. The van der Waals surface area contributed by atoms with E-state index in [0.29, 0.717) is 17.9 Å². The van der Waals surface area contributed by atoms with Gasteiger partial charge in [-0.3, -0.25) is 9.69 Å². The fourth-order valence-electron chi connectivity index (χ4n) is 2.95. The second kappa shape index (κ2) is 5.51. The number of primary amides is 1. The summed E-state index contributed by atoms with van der Waals surface area (Å²) in [7, 11) is 0. The number of carbonyl (C=O) groups is 2. The number of fused-ring (bicyclic) bond motifs is 1. The van der Waals surface area contributed by atoms with Crippen molar-refractivity contribution in [1.29, 1.82) is 0 Å². The van der Waals surface area contributed by atoms with E-state index in [4.69, 9.17) is 5.73 Å². The summed E-state index contributed by atoms with van der Waals surface area (Å²) in [4.78, 5) is 35.5. The quantitative estimate of drug-likeness (QED) is 0.832. The highest BCUT2D eigenvalue weighted by molar-refractivity contribution is 6.00. The fourth-order valence-corrected chi connectivity index (χ4v) is 2.95. The van der Waals surface area contributed by atoms with Crippen LogP contribution < -0.4 is 5.73 Å². The van der Waals surface area contributed by atoms with E-state index in [1.165, 1.54) is 17.3 Å². The molecule has 0 bridgehead atoms. The Morgan fingerprint density at radius 1 is 1.33 bits per heavy atom. The van der Waals surface area contributed by atoms with E-state index in [-0.39, 0.29) is 12.1 Å². The number of amides is 3. The number of hydrogen-bond acceptors (Lipinski definition) is 4. The summed E-state index contributed by atoms with van der Waals surface area (Å²) < 4.78 is 0. The molecule has 1 aromatic rings. The number of rotatable bonds is 1. The predicted octanol–water partition coefficient (Wildman–Crippen LogP) is 0.940.